The van der Waals surface area contributed by atoms with Crippen molar-refractivity contribution in [3.05, 3.63) is 0 Å². The molecule has 0 saturated heterocycles. The molecular formula is C20H40N2O6P+. The Balaban J connectivity index is 3.62. The van der Waals surface area contributed by atoms with E-state index in [2.05, 4.69) is 12.2 Å². The van der Waals surface area contributed by atoms with E-state index in [4.69, 9.17) is 15.0 Å². The summed E-state index contributed by atoms with van der Waals surface area (Å²) < 4.78 is 21.4. The van der Waals surface area contributed by atoms with Crippen molar-refractivity contribution in [2.24, 2.45) is 5.73 Å². The number of ether oxygens (including phenoxy) is 1. The van der Waals surface area contributed by atoms with E-state index in [0.717, 1.165) is 19.3 Å². The summed E-state index contributed by atoms with van der Waals surface area (Å²) in [6, 6.07) is -1.38. The minimum absolute atomic E-state index is 0.0178. The van der Waals surface area contributed by atoms with Crippen molar-refractivity contribution >= 4 is 19.9 Å². The maximum atomic E-state index is 11.8. The second-order valence-electron chi connectivity index (χ2n) is 7.09. The first kappa shape index (κ1) is 27.9. The molecule has 0 aliphatic heterocycles. The number of nitrogens with two attached hydrogens (primary N) is 1. The molecule has 0 aromatic rings. The van der Waals surface area contributed by atoms with Crippen LogP contribution >= 0.6 is 8.03 Å². The van der Waals surface area contributed by atoms with Gasteiger partial charge in [0.15, 0.2) is 6.04 Å². The van der Waals surface area contributed by atoms with Crippen molar-refractivity contribution in [2.75, 3.05) is 19.8 Å². The molecule has 0 bridgehead atoms. The third-order valence-corrected chi connectivity index (χ3v) is 5.75. The lowest BCUT2D eigenvalue weighted by Gasteiger charge is -2.11. The Labute approximate surface area is 176 Å². The first-order chi connectivity index (χ1) is 13.9. The van der Waals surface area contributed by atoms with Crippen LogP contribution in [0.3, 0.4) is 0 Å². The third kappa shape index (κ3) is 15.4. The summed E-state index contributed by atoms with van der Waals surface area (Å²) in [6.07, 6.45) is 12.2. The molecule has 1 amide bonds. The molecule has 0 fully saturated rings. The average Bonchev–Trinajstić information content (AvgIpc) is 2.70. The van der Waals surface area contributed by atoms with Crippen LogP contribution in [-0.4, -0.2) is 48.6 Å². The van der Waals surface area contributed by atoms with Gasteiger partial charge in [-0.05, 0) is 17.9 Å². The fraction of sp³-hybridized carbons (Fsp3) is 0.900. The summed E-state index contributed by atoms with van der Waals surface area (Å²) in [6.45, 7) is 4.41. The number of amides is 1. The molecule has 3 atom stereocenters. The lowest BCUT2D eigenvalue weighted by atomic mass is 10.1. The van der Waals surface area contributed by atoms with Gasteiger partial charge >= 0.3 is 19.8 Å². The smallest absolute Gasteiger partial charge is 0.466 e. The highest BCUT2D eigenvalue weighted by Gasteiger charge is 2.40. The molecule has 0 aliphatic rings. The van der Waals surface area contributed by atoms with Gasteiger partial charge in [-0.2, -0.15) is 0 Å². The minimum Gasteiger partial charge on any atom is -0.466 e. The molecule has 4 N–H and O–H groups in total. The van der Waals surface area contributed by atoms with Gasteiger partial charge in [-0.25, -0.2) is 0 Å². The lowest BCUT2D eigenvalue weighted by Crippen LogP contribution is -2.47. The quantitative estimate of drug-likeness (QED) is 0.161. The zero-order valence-corrected chi connectivity index (χ0v) is 19.0. The van der Waals surface area contributed by atoms with Crippen LogP contribution in [0, 0.1) is 0 Å². The zero-order chi connectivity index (χ0) is 21.9. The molecule has 0 radical (unpaired) electrons. The molecular weight excluding hydrogens is 395 g/mol. The van der Waals surface area contributed by atoms with Gasteiger partial charge in [0.1, 0.15) is 0 Å². The molecule has 2 unspecified atom stereocenters. The van der Waals surface area contributed by atoms with Crippen molar-refractivity contribution < 1.29 is 28.5 Å². The number of hydrogen-bond acceptors (Lipinski definition) is 7. The van der Waals surface area contributed by atoms with E-state index in [-0.39, 0.29) is 19.6 Å². The van der Waals surface area contributed by atoms with Gasteiger partial charge in [0.25, 0.3) is 0 Å². The number of aliphatic hydroxyl groups is 1. The van der Waals surface area contributed by atoms with Gasteiger partial charge < -0.3 is 20.9 Å². The number of carbonyl (C=O) groups excluding carboxylic acids is 2. The topological polar surface area (TPSA) is 128 Å². The highest BCUT2D eigenvalue weighted by atomic mass is 31.1. The van der Waals surface area contributed by atoms with Crippen molar-refractivity contribution in [3.8, 4) is 0 Å². The highest BCUT2D eigenvalue weighted by molar-refractivity contribution is 7.39. The standard InChI is InChI=1S/C20H39N2O6P/c1-3-5-6-7-8-9-10-11-12-13-16-27-17(23)14-15-22-19(24)18(21)20(25)29(26)28-4-2/h18,20,25H,3-16,21H2,1-2H3/p+1/t18-,20?/m0/s1. The Morgan fingerprint density at radius 3 is 2.10 bits per heavy atom. The van der Waals surface area contributed by atoms with Crippen molar-refractivity contribution in [1.29, 1.82) is 0 Å². The number of nitrogens with one attached hydrogen (secondary N) is 1. The van der Waals surface area contributed by atoms with Crippen molar-refractivity contribution in [3.63, 3.8) is 0 Å². The lowest BCUT2D eigenvalue weighted by molar-refractivity contribution is -0.143. The maximum absolute atomic E-state index is 11.8. The number of esters is 1. The third-order valence-electron chi connectivity index (χ3n) is 4.49. The molecule has 29 heavy (non-hydrogen) atoms. The van der Waals surface area contributed by atoms with Crippen LogP contribution in [0.4, 0.5) is 0 Å². The van der Waals surface area contributed by atoms with Crippen LogP contribution in [-0.2, 0) is 23.4 Å². The minimum atomic E-state index is -2.43. The summed E-state index contributed by atoms with van der Waals surface area (Å²) in [5.41, 5.74) is 5.55. The van der Waals surface area contributed by atoms with E-state index in [9.17, 15) is 19.3 Å². The number of carbonyl (C=O) groups is 2. The van der Waals surface area contributed by atoms with E-state index in [1.54, 1.807) is 6.92 Å². The molecule has 0 aromatic heterocycles. The molecule has 0 spiro atoms. The molecule has 0 rings (SSSR count). The second kappa shape index (κ2) is 18.9. The molecule has 9 heteroatoms. The van der Waals surface area contributed by atoms with Crippen LogP contribution in [0.2, 0.25) is 0 Å². The van der Waals surface area contributed by atoms with Gasteiger partial charge in [0.2, 0.25) is 5.91 Å². The Hall–Kier alpha value is -1.08. The molecule has 0 aliphatic carbocycles. The average molecular weight is 436 g/mol. The van der Waals surface area contributed by atoms with Crippen LogP contribution in [0.1, 0.15) is 84.5 Å². The number of aliphatic hydroxyl groups excluding tert-OH is 1. The molecule has 170 valence electrons. The van der Waals surface area contributed by atoms with Crippen LogP contribution < -0.4 is 11.1 Å². The Bertz CT molecular complexity index is 464. The van der Waals surface area contributed by atoms with Crippen LogP contribution in [0.15, 0.2) is 0 Å². The fourth-order valence-electron chi connectivity index (χ4n) is 2.72. The summed E-state index contributed by atoms with van der Waals surface area (Å²) in [5.74, 6) is -2.67. The SMILES string of the molecule is CCCCCCCCCCCCOC(=O)CCNC(=O)[C@H](N)C(O)[P+](=O)OCC. The zero-order valence-electron chi connectivity index (χ0n) is 18.1. The number of rotatable bonds is 19. The maximum Gasteiger partial charge on any atom is 0.542 e. The van der Waals surface area contributed by atoms with Crippen LogP contribution in [0.25, 0.3) is 0 Å². The second-order valence-corrected chi connectivity index (χ2v) is 8.44. The summed E-state index contributed by atoms with van der Waals surface area (Å²) in [7, 11) is -2.43. The first-order valence-corrected chi connectivity index (χ1v) is 12.1. The largest absolute Gasteiger partial charge is 0.542 e. The Kier molecular flexibility index (Phi) is 18.2. The van der Waals surface area contributed by atoms with E-state index < -0.39 is 31.8 Å². The molecule has 0 saturated carbocycles. The Morgan fingerprint density at radius 1 is 1.00 bits per heavy atom. The Morgan fingerprint density at radius 2 is 1.55 bits per heavy atom. The van der Waals surface area contributed by atoms with Crippen molar-refractivity contribution in [1.82, 2.24) is 5.32 Å². The van der Waals surface area contributed by atoms with Crippen LogP contribution in [0.5, 0.6) is 0 Å². The fourth-order valence-corrected chi connectivity index (χ4v) is 3.53. The normalized spacial score (nSPS) is 13.6. The predicted octanol–water partition coefficient (Wildman–Crippen LogP) is 3.38. The molecule has 0 heterocycles. The summed E-state index contributed by atoms with van der Waals surface area (Å²) in [4.78, 5) is 23.5. The van der Waals surface area contributed by atoms with Crippen molar-refractivity contribution in [2.45, 2.75) is 96.4 Å². The predicted molar refractivity (Wildman–Crippen MR) is 114 cm³/mol. The molecule has 8 nitrogen and oxygen atoms in total. The van der Waals surface area contributed by atoms with Gasteiger partial charge in [0.05, 0.1) is 19.6 Å². The molecule has 0 aromatic carbocycles. The van der Waals surface area contributed by atoms with E-state index in [1.165, 1.54) is 44.9 Å². The van der Waals surface area contributed by atoms with Gasteiger partial charge in [0, 0.05) is 6.54 Å². The van der Waals surface area contributed by atoms with E-state index >= 15 is 0 Å². The number of unbranched alkanes of at least 4 members (excludes halogenated alkanes) is 9. The first-order valence-electron chi connectivity index (χ1n) is 10.9. The summed E-state index contributed by atoms with van der Waals surface area (Å²) >= 11 is 0. The van der Waals surface area contributed by atoms with E-state index in [0.29, 0.717) is 6.61 Å². The van der Waals surface area contributed by atoms with Gasteiger partial charge in [-0.1, -0.05) is 64.7 Å². The monoisotopic (exact) mass is 435 g/mol. The van der Waals surface area contributed by atoms with E-state index in [1.807, 2.05) is 0 Å². The number of hydrogen-bond donors (Lipinski definition) is 3. The van der Waals surface area contributed by atoms with Gasteiger partial charge in [-0.15, -0.1) is 4.52 Å². The van der Waals surface area contributed by atoms with Gasteiger partial charge in [-0.3, -0.25) is 9.59 Å². The summed E-state index contributed by atoms with van der Waals surface area (Å²) in [5, 5.41) is 12.1. The highest BCUT2D eigenvalue weighted by Crippen LogP contribution is 2.28.